The van der Waals surface area contributed by atoms with Crippen molar-refractivity contribution in [2.45, 2.75) is 26.8 Å². The fourth-order valence-corrected chi connectivity index (χ4v) is 2.54. The quantitative estimate of drug-likeness (QED) is 0.803. The number of hydrogen-bond donors (Lipinski definition) is 1. The van der Waals surface area contributed by atoms with Gasteiger partial charge < -0.3 is 0 Å². The number of hydrogen-bond acceptors (Lipinski definition) is 6. The van der Waals surface area contributed by atoms with Crippen LogP contribution in [-0.2, 0) is 0 Å². The minimum Gasteiger partial charge on any atom is -0.296 e. The van der Waals surface area contributed by atoms with Gasteiger partial charge in [-0.05, 0) is 26.8 Å². The molecule has 0 radical (unpaired) electrons. The van der Waals surface area contributed by atoms with E-state index in [1.54, 1.807) is 17.8 Å². The Balaban J connectivity index is 2.07. The Morgan fingerprint density at radius 2 is 2.24 bits per heavy atom. The number of nitrogens with zero attached hydrogens (tertiary/aromatic N) is 5. The van der Waals surface area contributed by atoms with Crippen molar-refractivity contribution in [3.05, 3.63) is 29.0 Å². The Morgan fingerprint density at radius 1 is 1.43 bits per heavy atom. The molecular weight excluding hydrogens is 288 g/mol. The standard InChI is InChI=1S/C13H14N6OS/c1-7(2)19-11-10(5-15-19)9(4-8(3)16-11)12(20)17-13-18-14-6-21-13/h4-7H,1-3H3,(H,17,18,20). The van der Waals surface area contributed by atoms with E-state index in [1.807, 2.05) is 25.5 Å². The molecule has 3 aromatic heterocycles. The number of anilines is 1. The molecule has 3 rings (SSSR count). The van der Waals surface area contributed by atoms with Crippen LogP contribution >= 0.6 is 11.3 Å². The molecule has 3 aromatic rings. The molecule has 0 saturated carbocycles. The molecule has 0 aliphatic rings. The monoisotopic (exact) mass is 302 g/mol. The summed E-state index contributed by atoms with van der Waals surface area (Å²) in [7, 11) is 0. The van der Waals surface area contributed by atoms with Gasteiger partial charge in [0.05, 0.1) is 17.1 Å². The molecule has 0 saturated heterocycles. The summed E-state index contributed by atoms with van der Waals surface area (Å²) in [5.74, 6) is -0.231. The second kappa shape index (κ2) is 5.21. The number of pyridine rings is 1. The Labute approximate surface area is 125 Å². The number of amides is 1. The lowest BCUT2D eigenvalue weighted by molar-refractivity contribution is 0.102. The summed E-state index contributed by atoms with van der Waals surface area (Å²) in [6.07, 6.45) is 1.68. The molecule has 0 aliphatic carbocycles. The van der Waals surface area contributed by atoms with E-state index in [-0.39, 0.29) is 11.9 Å². The summed E-state index contributed by atoms with van der Waals surface area (Å²) in [4.78, 5) is 16.9. The normalized spacial score (nSPS) is 11.2. The van der Waals surface area contributed by atoms with Crippen molar-refractivity contribution < 1.29 is 4.79 Å². The Bertz CT molecular complexity index is 792. The van der Waals surface area contributed by atoms with Crippen LogP contribution in [0.2, 0.25) is 0 Å². The lowest BCUT2D eigenvalue weighted by atomic mass is 10.1. The van der Waals surface area contributed by atoms with Gasteiger partial charge in [-0.1, -0.05) is 11.3 Å². The van der Waals surface area contributed by atoms with Crippen LogP contribution in [0.5, 0.6) is 0 Å². The molecule has 3 heterocycles. The Hall–Kier alpha value is -2.35. The number of nitrogens with one attached hydrogen (secondary N) is 1. The van der Waals surface area contributed by atoms with E-state index in [4.69, 9.17) is 0 Å². The zero-order chi connectivity index (χ0) is 15.0. The van der Waals surface area contributed by atoms with Crippen LogP contribution in [0.25, 0.3) is 11.0 Å². The van der Waals surface area contributed by atoms with Gasteiger partial charge in [-0.25, -0.2) is 9.67 Å². The molecule has 0 aromatic carbocycles. The van der Waals surface area contributed by atoms with Crippen molar-refractivity contribution in [3.63, 3.8) is 0 Å². The van der Waals surface area contributed by atoms with Gasteiger partial charge in [0.1, 0.15) is 5.51 Å². The summed E-state index contributed by atoms with van der Waals surface area (Å²) in [5.41, 5.74) is 3.60. The molecule has 1 N–H and O–H groups in total. The first-order valence-corrected chi connectivity index (χ1v) is 7.36. The number of rotatable bonds is 3. The second-order valence-electron chi connectivity index (χ2n) is 4.93. The predicted octanol–water partition coefficient (Wildman–Crippen LogP) is 2.42. The van der Waals surface area contributed by atoms with Gasteiger partial charge in [0, 0.05) is 11.7 Å². The lowest BCUT2D eigenvalue weighted by Crippen LogP contribution is -2.13. The molecule has 1 amide bonds. The van der Waals surface area contributed by atoms with E-state index in [0.29, 0.717) is 16.3 Å². The van der Waals surface area contributed by atoms with Crippen LogP contribution in [0, 0.1) is 6.92 Å². The van der Waals surface area contributed by atoms with Crippen molar-refractivity contribution in [2.75, 3.05) is 5.32 Å². The molecule has 0 unspecified atom stereocenters. The molecule has 0 aliphatic heterocycles. The predicted molar refractivity (Wildman–Crippen MR) is 80.5 cm³/mol. The summed E-state index contributed by atoms with van der Waals surface area (Å²) in [6, 6.07) is 1.93. The van der Waals surface area contributed by atoms with Gasteiger partial charge >= 0.3 is 0 Å². The molecule has 0 bridgehead atoms. The Kier molecular flexibility index (Phi) is 3.38. The third-order valence-corrected chi connectivity index (χ3v) is 3.62. The maximum absolute atomic E-state index is 12.4. The first-order chi connectivity index (χ1) is 10.1. The first kappa shape index (κ1) is 13.6. The fourth-order valence-electron chi connectivity index (χ4n) is 2.10. The maximum Gasteiger partial charge on any atom is 0.258 e. The SMILES string of the molecule is Cc1cc(C(=O)Nc2nncs2)c2cnn(C(C)C)c2n1. The van der Waals surface area contributed by atoms with E-state index >= 15 is 0 Å². The number of aryl methyl sites for hydroxylation is 1. The molecule has 108 valence electrons. The largest absolute Gasteiger partial charge is 0.296 e. The fraction of sp³-hybridized carbons (Fsp3) is 0.308. The summed E-state index contributed by atoms with van der Waals surface area (Å²) in [5, 5.41) is 15.8. The maximum atomic E-state index is 12.4. The minimum atomic E-state index is -0.231. The third-order valence-electron chi connectivity index (χ3n) is 3.01. The van der Waals surface area contributed by atoms with E-state index < -0.39 is 0 Å². The van der Waals surface area contributed by atoms with Crippen LogP contribution < -0.4 is 5.32 Å². The van der Waals surface area contributed by atoms with Crippen LogP contribution in [0.3, 0.4) is 0 Å². The van der Waals surface area contributed by atoms with E-state index in [0.717, 1.165) is 11.1 Å². The van der Waals surface area contributed by atoms with Crippen LogP contribution in [0.4, 0.5) is 5.13 Å². The number of aromatic nitrogens is 5. The molecular formula is C13H14N6OS. The van der Waals surface area contributed by atoms with Gasteiger partial charge in [0.15, 0.2) is 5.65 Å². The van der Waals surface area contributed by atoms with Gasteiger partial charge in [-0.2, -0.15) is 5.10 Å². The summed E-state index contributed by atoms with van der Waals surface area (Å²) >= 11 is 1.27. The second-order valence-corrected chi connectivity index (χ2v) is 5.76. The molecule has 8 heteroatoms. The molecule has 0 fully saturated rings. The minimum absolute atomic E-state index is 0.177. The summed E-state index contributed by atoms with van der Waals surface area (Å²) in [6.45, 7) is 5.91. The van der Waals surface area contributed by atoms with E-state index in [2.05, 4.69) is 25.6 Å². The van der Waals surface area contributed by atoms with Crippen LogP contribution in [0.15, 0.2) is 17.8 Å². The van der Waals surface area contributed by atoms with Gasteiger partial charge in [-0.3, -0.25) is 10.1 Å². The van der Waals surface area contributed by atoms with Crippen molar-refractivity contribution >= 4 is 33.4 Å². The third kappa shape index (κ3) is 2.49. The number of carbonyl (C=O) groups excluding carboxylic acids is 1. The highest BCUT2D eigenvalue weighted by molar-refractivity contribution is 7.13. The van der Waals surface area contributed by atoms with Crippen molar-refractivity contribution in [3.8, 4) is 0 Å². The van der Waals surface area contributed by atoms with E-state index in [9.17, 15) is 4.79 Å². The van der Waals surface area contributed by atoms with Crippen molar-refractivity contribution in [1.82, 2.24) is 25.0 Å². The average molecular weight is 302 g/mol. The smallest absolute Gasteiger partial charge is 0.258 e. The first-order valence-electron chi connectivity index (χ1n) is 6.48. The highest BCUT2D eigenvalue weighted by Gasteiger charge is 2.17. The Morgan fingerprint density at radius 3 is 2.90 bits per heavy atom. The number of carbonyl (C=O) groups is 1. The molecule has 21 heavy (non-hydrogen) atoms. The van der Waals surface area contributed by atoms with Crippen LogP contribution in [0.1, 0.15) is 35.9 Å². The average Bonchev–Trinajstić information content (AvgIpc) is 3.06. The van der Waals surface area contributed by atoms with Gasteiger partial charge in [0.2, 0.25) is 5.13 Å². The number of fused-ring (bicyclic) bond motifs is 1. The van der Waals surface area contributed by atoms with Gasteiger partial charge in [-0.15, -0.1) is 10.2 Å². The molecule has 0 atom stereocenters. The summed E-state index contributed by atoms with van der Waals surface area (Å²) < 4.78 is 1.81. The lowest BCUT2D eigenvalue weighted by Gasteiger charge is -2.08. The van der Waals surface area contributed by atoms with E-state index in [1.165, 1.54) is 11.3 Å². The zero-order valence-corrected chi connectivity index (χ0v) is 12.7. The van der Waals surface area contributed by atoms with Crippen LogP contribution in [-0.4, -0.2) is 30.9 Å². The van der Waals surface area contributed by atoms with Crippen molar-refractivity contribution in [1.29, 1.82) is 0 Å². The highest BCUT2D eigenvalue weighted by Crippen LogP contribution is 2.22. The molecule has 0 spiro atoms. The zero-order valence-electron chi connectivity index (χ0n) is 11.9. The topological polar surface area (TPSA) is 85.6 Å². The van der Waals surface area contributed by atoms with Gasteiger partial charge in [0.25, 0.3) is 5.91 Å². The molecule has 7 nitrogen and oxygen atoms in total. The van der Waals surface area contributed by atoms with Crippen molar-refractivity contribution in [2.24, 2.45) is 0 Å². The highest BCUT2D eigenvalue weighted by atomic mass is 32.1.